The molecule has 0 saturated heterocycles. The van der Waals surface area contributed by atoms with E-state index in [4.69, 9.17) is 4.74 Å². The van der Waals surface area contributed by atoms with Crippen LogP contribution in [0.5, 0.6) is 5.75 Å². The minimum absolute atomic E-state index is 0.191. The van der Waals surface area contributed by atoms with Gasteiger partial charge >= 0.3 is 0 Å². The Morgan fingerprint density at radius 2 is 1.89 bits per heavy atom. The van der Waals surface area contributed by atoms with Gasteiger partial charge in [0.05, 0.1) is 25.6 Å². The molecule has 3 N–H and O–H groups in total. The van der Waals surface area contributed by atoms with Crippen molar-refractivity contribution >= 4 is 49.1 Å². The van der Waals surface area contributed by atoms with Crippen LogP contribution in [0.25, 0.3) is 0 Å². The van der Waals surface area contributed by atoms with Crippen LogP contribution >= 0.6 is 15.9 Å². The maximum atomic E-state index is 12.1. The molecule has 2 aromatic rings. The second-order valence-electron chi connectivity index (χ2n) is 5.53. The summed E-state index contributed by atoms with van der Waals surface area (Å²) in [7, 11) is -2.11. The average molecular weight is 456 g/mol. The van der Waals surface area contributed by atoms with Crippen LogP contribution in [0.1, 0.15) is 10.4 Å². The maximum Gasteiger partial charge on any atom is 0.251 e. The molecular formula is C17H18BrN3O5S. The molecule has 0 aromatic heterocycles. The molecule has 0 radical (unpaired) electrons. The number of anilines is 2. The zero-order chi connectivity index (χ0) is 20.0. The molecule has 0 bridgehead atoms. The fourth-order valence-electron chi connectivity index (χ4n) is 2.16. The monoisotopic (exact) mass is 455 g/mol. The topological polar surface area (TPSA) is 114 Å². The van der Waals surface area contributed by atoms with E-state index in [9.17, 15) is 18.0 Å². The van der Waals surface area contributed by atoms with E-state index in [1.165, 1.54) is 19.2 Å². The number of rotatable bonds is 7. The largest absolute Gasteiger partial charge is 0.495 e. The molecule has 0 fully saturated rings. The number of ether oxygens (including phenoxy) is 1. The van der Waals surface area contributed by atoms with Gasteiger partial charge in [-0.05, 0) is 36.4 Å². The molecule has 0 heterocycles. The van der Waals surface area contributed by atoms with Crippen LogP contribution in [0.2, 0.25) is 0 Å². The first-order chi connectivity index (χ1) is 12.7. The summed E-state index contributed by atoms with van der Waals surface area (Å²) < 4.78 is 31.0. The van der Waals surface area contributed by atoms with Crippen LogP contribution in [0.4, 0.5) is 11.4 Å². The van der Waals surface area contributed by atoms with Crippen molar-refractivity contribution in [2.75, 3.05) is 29.9 Å². The van der Waals surface area contributed by atoms with Crippen LogP contribution in [0.3, 0.4) is 0 Å². The average Bonchev–Trinajstić information content (AvgIpc) is 2.58. The van der Waals surface area contributed by atoms with E-state index in [-0.39, 0.29) is 18.1 Å². The highest BCUT2D eigenvalue weighted by molar-refractivity contribution is 9.10. The summed E-state index contributed by atoms with van der Waals surface area (Å²) in [6, 6.07) is 11.3. The van der Waals surface area contributed by atoms with Gasteiger partial charge in [0.1, 0.15) is 5.75 Å². The SMILES string of the molecule is COc1ccc(NC(=O)CNC(=O)c2cccc(Br)c2)cc1NS(C)(=O)=O. The molecule has 2 rings (SSSR count). The molecule has 10 heteroatoms. The molecule has 0 unspecified atom stereocenters. The van der Waals surface area contributed by atoms with Gasteiger partial charge in [-0.1, -0.05) is 22.0 Å². The van der Waals surface area contributed by atoms with Gasteiger partial charge in [0, 0.05) is 15.7 Å². The van der Waals surface area contributed by atoms with Gasteiger partial charge in [-0.15, -0.1) is 0 Å². The quantitative estimate of drug-likeness (QED) is 0.591. The number of hydrogen-bond acceptors (Lipinski definition) is 5. The highest BCUT2D eigenvalue weighted by Crippen LogP contribution is 2.28. The molecule has 0 saturated carbocycles. The van der Waals surface area contributed by atoms with Gasteiger partial charge in [0.15, 0.2) is 0 Å². The first-order valence-corrected chi connectivity index (χ1v) is 10.4. The Bertz CT molecular complexity index is 963. The maximum absolute atomic E-state index is 12.1. The van der Waals surface area contributed by atoms with Gasteiger partial charge < -0.3 is 15.4 Å². The molecule has 2 aromatic carbocycles. The van der Waals surface area contributed by atoms with E-state index in [0.29, 0.717) is 17.0 Å². The third-order valence-corrected chi connectivity index (χ3v) is 4.36. The minimum atomic E-state index is -3.51. The van der Waals surface area contributed by atoms with Crippen LogP contribution in [-0.4, -0.2) is 40.1 Å². The Labute approximate surface area is 165 Å². The smallest absolute Gasteiger partial charge is 0.251 e. The molecule has 0 spiro atoms. The van der Waals surface area contributed by atoms with Gasteiger partial charge in [0.2, 0.25) is 15.9 Å². The van der Waals surface area contributed by atoms with Crippen molar-refractivity contribution in [3.8, 4) is 5.75 Å². The lowest BCUT2D eigenvalue weighted by molar-refractivity contribution is -0.115. The van der Waals surface area contributed by atoms with E-state index in [0.717, 1.165) is 10.7 Å². The number of carbonyl (C=O) groups excluding carboxylic acids is 2. The summed E-state index contributed by atoms with van der Waals surface area (Å²) in [5, 5.41) is 5.10. The van der Waals surface area contributed by atoms with Gasteiger partial charge in [-0.2, -0.15) is 0 Å². The Morgan fingerprint density at radius 1 is 1.15 bits per heavy atom. The number of sulfonamides is 1. The van der Waals surface area contributed by atoms with Crippen molar-refractivity contribution in [1.29, 1.82) is 0 Å². The predicted molar refractivity (Wildman–Crippen MR) is 107 cm³/mol. The Hall–Kier alpha value is -2.59. The summed E-state index contributed by atoms with van der Waals surface area (Å²) in [5.74, 6) is -0.546. The molecule has 0 aliphatic carbocycles. The van der Waals surface area contributed by atoms with E-state index in [1.54, 1.807) is 30.3 Å². The lowest BCUT2D eigenvalue weighted by Crippen LogP contribution is -2.32. The van der Waals surface area contributed by atoms with Gasteiger partial charge in [-0.3, -0.25) is 14.3 Å². The first kappa shape index (κ1) is 20.7. The summed E-state index contributed by atoms with van der Waals surface area (Å²) >= 11 is 3.28. The lowest BCUT2D eigenvalue weighted by Gasteiger charge is -2.12. The summed E-state index contributed by atoms with van der Waals surface area (Å²) in [6.07, 6.45) is 1.01. The van der Waals surface area contributed by atoms with Crippen LogP contribution < -0.4 is 20.1 Å². The fourth-order valence-corrected chi connectivity index (χ4v) is 3.12. The predicted octanol–water partition coefficient (Wildman–Crippen LogP) is 2.20. The normalized spacial score (nSPS) is 10.8. The molecule has 2 amide bonds. The van der Waals surface area contributed by atoms with Crippen molar-refractivity contribution in [2.45, 2.75) is 0 Å². The number of nitrogens with one attached hydrogen (secondary N) is 3. The van der Waals surface area contributed by atoms with Crippen molar-refractivity contribution in [1.82, 2.24) is 5.32 Å². The van der Waals surface area contributed by atoms with Gasteiger partial charge in [0.25, 0.3) is 5.91 Å². The van der Waals surface area contributed by atoms with Crippen LogP contribution in [0, 0.1) is 0 Å². The van der Waals surface area contributed by atoms with Crippen molar-refractivity contribution in [3.63, 3.8) is 0 Å². The van der Waals surface area contributed by atoms with Crippen molar-refractivity contribution in [2.24, 2.45) is 0 Å². The highest BCUT2D eigenvalue weighted by atomic mass is 79.9. The molecule has 27 heavy (non-hydrogen) atoms. The second kappa shape index (κ2) is 8.87. The highest BCUT2D eigenvalue weighted by Gasteiger charge is 2.12. The zero-order valence-corrected chi connectivity index (χ0v) is 17.0. The summed E-state index contributed by atoms with van der Waals surface area (Å²) in [5.41, 5.74) is 0.959. The van der Waals surface area contributed by atoms with Crippen LogP contribution in [0.15, 0.2) is 46.9 Å². The standard InChI is InChI=1S/C17H18BrN3O5S/c1-26-15-7-6-13(9-14(15)21-27(2,24)25)20-16(22)10-19-17(23)11-4-3-5-12(18)8-11/h3-9,21H,10H2,1-2H3,(H,19,23)(H,20,22). The third kappa shape index (κ3) is 6.57. The van der Waals surface area contributed by atoms with Crippen LogP contribution in [-0.2, 0) is 14.8 Å². The number of benzene rings is 2. The number of methoxy groups -OCH3 is 1. The molecule has 144 valence electrons. The zero-order valence-electron chi connectivity index (χ0n) is 14.6. The Balaban J connectivity index is 2.01. The van der Waals surface area contributed by atoms with E-state index >= 15 is 0 Å². The molecule has 8 nitrogen and oxygen atoms in total. The molecule has 0 aliphatic rings. The number of halogens is 1. The van der Waals surface area contributed by atoms with E-state index < -0.39 is 15.9 Å². The minimum Gasteiger partial charge on any atom is -0.495 e. The first-order valence-electron chi connectivity index (χ1n) is 7.67. The van der Waals surface area contributed by atoms with Crippen molar-refractivity contribution < 1.29 is 22.7 Å². The number of hydrogen-bond donors (Lipinski definition) is 3. The number of carbonyl (C=O) groups is 2. The lowest BCUT2D eigenvalue weighted by atomic mass is 10.2. The molecule has 0 aliphatic heterocycles. The molecular weight excluding hydrogens is 438 g/mol. The second-order valence-corrected chi connectivity index (χ2v) is 8.19. The Morgan fingerprint density at radius 3 is 2.52 bits per heavy atom. The van der Waals surface area contributed by atoms with E-state index in [1.807, 2.05) is 0 Å². The van der Waals surface area contributed by atoms with Gasteiger partial charge in [-0.25, -0.2) is 8.42 Å². The fraction of sp³-hybridized carbons (Fsp3) is 0.176. The summed E-state index contributed by atoms with van der Waals surface area (Å²) in [6.45, 7) is -0.244. The number of amides is 2. The third-order valence-electron chi connectivity index (χ3n) is 3.27. The van der Waals surface area contributed by atoms with E-state index in [2.05, 4.69) is 31.3 Å². The van der Waals surface area contributed by atoms with Crippen molar-refractivity contribution in [3.05, 3.63) is 52.5 Å². The summed E-state index contributed by atoms with van der Waals surface area (Å²) in [4.78, 5) is 24.1. The molecule has 0 atom stereocenters. The Kier molecular flexibility index (Phi) is 6.81.